The fourth-order valence-corrected chi connectivity index (χ4v) is 2.38. The van der Waals surface area contributed by atoms with Gasteiger partial charge in [-0.25, -0.2) is 0 Å². The van der Waals surface area contributed by atoms with Crippen LogP contribution in [0.2, 0.25) is 0 Å². The minimum absolute atomic E-state index is 0.0679. The van der Waals surface area contributed by atoms with Crippen LogP contribution < -0.4 is 5.32 Å². The third-order valence-electron chi connectivity index (χ3n) is 3.48. The Morgan fingerprint density at radius 2 is 1.95 bits per heavy atom. The van der Waals surface area contributed by atoms with E-state index in [0.29, 0.717) is 17.8 Å². The van der Waals surface area contributed by atoms with E-state index in [-0.39, 0.29) is 11.8 Å². The first kappa shape index (κ1) is 14.5. The van der Waals surface area contributed by atoms with Crippen LogP contribution in [-0.4, -0.2) is 34.8 Å². The van der Waals surface area contributed by atoms with E-state index in [1.165, 1.54) is 19.8 Å². The van der Waals surface area contributed by atoms with Gasteiger partial charge in [-0.2, -0.15) is 0 Å². The number of likely N-dealkylation sites (tertiary alicyclic amines) is 1. The van der Waals surface area contributed by atoms with Gasteiger partial charge in [0.25, 0.3) is 5.91 Å². The van der Waals surface area contributed by atoms with Gasteiger partial charge in [-0.3, -0.25) is 14.6 Å². The molecule has 0 saturated carbocycles. The molecule has 0 spiro atoms. The second-order valence-corrected chi connectivity index (χ2v) is 5.15. The molecule has 0 atom stereocenters. The molecular weight excluding hydrogens is 254 g/mol. The van der Waals surface area contributed by atoms with Gasteiger partial charge in [-0.05, 0) is 25.0 Å². The fourth-order valence-electron chi connectivity index (χ4n) is 2.38. The van der Waals surface area contributed by atoms with E-state index in [2.05, 4.69) is 10.3 Å². The average Bonchev–Trinajstić information content (AvgIpc) is 2.73. The summed E-state index contributed by atoms with van der Waals surface area (Å²) in [6.45, 7) is 3.49. The maximum atomic E-state index is 12.5. The Hall–Kier alpha value is -1.91. The standard InChI is InChI=1S/C15H21N3O2/c1-12(19)17-11-14-10-13(6-7-16-14)15(20)18-8-4-2-3-5-9-18/h6-7,10H,2-5,8-9,11H2,1H3,(H,17,19). The van der Waals surface area contributed by atoms with Crippen molar-refractivity contribution in [1.29, 1.82) is 0 Å². The van der Waals surface area contributed by atoms with Gasteiger partial charge in [0.1, 0.15) is 0 Å². The average molecular weight is 275 g/mol. The molecule has 5 heteroatoms. The van der Waals surface area contributed by atoms with Gasteiger partial charge < -0.3 is 10.2 Å². The van der Waals surface area contributed by atoms with Gasteiger partial charge in [0, 0.05) is 31.8 Å². The molecule has 0 aromatic carbocycles. The number of pyridine rings is 1. The lowest BCUT2D eigenvalue weighted by atomic mass is 10.2. The zero-order valence-corrected chi connectivity index (χ0v) is 11.9. The van der Waals surface area contributed by atoms with Crippen LogP contribution in [0.3, 0.4) is 0 Å². The van der Waals surface area contributed by atoms with Crippen LogP contribution in [0.1, 0.15) is 48.7 Å². The summed E-state index contributed by atoms with van der Waals surface area (Å²) in [4.78, 5) is 29.5. The van der Waals surface area contributed by atoms with Gasteiger partial charge in [-0.1, -0.05) is 12.8 Å². The molecule has 1 aliphatic rings. The van der Waals surface area contributed by atoms with Crippen LogP contribution in [0.5, 0.6) is 0 Å². The highest BCUT2D eigenvalue weighted by Gasteiger charge is 2.17. The summed E-state index contributed by atoms with van der Waals surface area (Å²) in [5.74, 6) is -0.0329. The third kappa shape index (κ3) is 4.05. The van der Waals surface area contributed by atoms with Gasteiger partial charge in [0.2, 0.25) is 5.91 Å². The second-order valence-electron chi connectivity index (χ2n) is 5.15. The van der Waals surface area contributed by atoms with Crippen LogP contribution in [0, 0.1) is 0 Å². The Balaban J connectivity index is 2.05. The molecule has 2 amide bonds. The lowest BCUT2D eigenvalue weighted by Gasteiger charge is -2.20. The van der Waals surface area contributed by atoms with E-state index in [1.807, 2.05) is 4.90 Å². The van der Waals surface area contributed by atoms with Crippen molar-refractivity contribution < 1.29 is 9.59 Å². The van der Waals surface area contributed by atoms with E-state index in [9.17, 15) is 9.59 Å². The molecular formula is C15H21N3O2. The minimum Gasteiger partial charge on any atom is -0.351 e. The summed E-state index contributed by atoms with van der Waals surface area (Å²) in [6, 6.07) is 3.51. The Morgan fingerprint density at radius 1 is 1.25 bits per heavy atom. The summed E-state index contributed by atoms with van der Waals surface area (Å²) >= 11 is 0. The largest absolute Gasteiger partial charge is 0.351 e. The van der Waals surface area contributed by atoms with Crippen molar-refractivity contribution in [2.45, 2.75) is 39.2 Å². The SMILES string of the molecule is CC(=O)NCc1cc(C(=O)N2CCCCCC2)ccn1. The van der Waals surface area contributed by atoms with Crippen molar-refractivity contribution in [2.75, 3.05) is 13.1 Å². The lowest BCUT2D eigenvalue weighted by Crippen LogP contribution is -2.32. The number of nitrogens with zero attached hydrogens (tertiary/aromatic N) is 2. The van der Waals surface area contributed by atoms with Crippen LogP contribution >= 0.6 is 0 Å². The third-order valence-corrected chi connectivity index (χ3v) is 3.48. The highest BCUT2D eigenvalue weighted by molar-refractivity contribution is 5.94. The van der Waals surface area contributed by atoms with E-state index in [4.69, 9.17) is 0 Å². The fraction of sp³-hybridized carbons (Fsp3) is 0.533. The number of carbonyl (C=O) groups is 2. The predicted octanol–water partition coefficient (Wildman–Crippen LogP) is 1.73. The maximum absolute atomic E-state index is 12.5. The number of aromatic nitrogens is 1. The highest BCUT2D eigenvalue weighted by atomic mass is 16.2. The summed E-state index contributed by atoms with van der Waals surface area (Å²) in [6.07, 6.45) is 6.19. The van der Waals surface area contributed by atoms with Crippen molar-refractivity contribution in [3.63, 3.8) is 0 Å². The summed E-state index contributed by atoms with van der Waals surface area (Å²) in [7, 11) is 0. The smallest absolute Gasteiger partial charge is 0.253 e. The quantitative estimate of drug-likeness (QED) is 0.914. The zero-order valence-electron chi connectivity index (χ0n) is 11.9. The zero-order chi connectivity index (χ0) is 14.4. The van der Waals surface area contributed by atoms with E-state index >= 15 is 0 Å². The number of amides is 2. The Kier molecular flexibility index (Phi) is 5.09. The minimum atomic E-state index is -0.101. The van der Waals surface area contributed by atoms with Crippen LogP contribution in [-0.2, 0) is 11.3 Å². The van der Waals surface area contributed by atoms with Gasteiger partial charge in [0.15, 0.2) is 0 Å². The van der Waals surface area contributed by atoms with Crippen LogP contribution in [0.25, 0.3) is 0 Å². The molecule has 1 fully saturated rings. The number of rotatable bonds is 3. The van der Waals surface area contributed by atoms with Crippen LogP contribution in [0.15, 0.2) is 18.3 Å². The Labute approximate surface area is 119 Å². The van der Waals surface area contributed by atoms with Crippen molar-refractivity contribution in [3.8, 4) is 0 Å². The first-order valence-electron chi connectivity index (χ1n) is 7.15. The first-order chi connectivity index (χ1) is 9.66. The maximum Gasteiger partial charge on any atom is 0.253 e. The van der Waals surface area contributed by atoms with E-state index < -0.39 is 0 Å². The van der Waals surface area contributed by atoms with Gasteiger partial charge >= 0.3 is 0 Å². The normalized spacial score (nSPS) is 15.6. The molecule has 20 heavy (non-hydrogen) atoms. The molecule has 5 nitrogen and oxygen atoms in total. The number of hydrogen-bond acceptors (Lipinski definition) is 3. The molecule has 2 heterocycles. The molecule has 1 aliphatic heterocycles. The molecule has 0 radical (unpaired) electrons. The summed E-state index contributed by atoms with van der Waals surface area (Å²) in [5, 5.41) is 2.69. The van der Waals surface area contributed by atoms with Crippen LogP contribution in [0.4, 0.5) is 0 Å². The molecule has 0 aliphatic carbocycles. The molecule has 0 bridgehead atoms. The molecule has 1 aromatic rings. The first-order valence-corrected chi connectivity index (χ1v) is 7.15. The van der Waals surface area contributed by atoms with E-state index in [0.717, 1.165) is 25.9 Å². The molecule has 1 saturated heterocycles. The van der Waals surface area contributed by atoms with Crippen molar-refractivity contribution in [1.82, 2.24) is 15.2 Å². The van der Waals surface area contributed by atoms with Crippen molar-refractivity contribution in [3.05, 3.63) is 29.6 Å². The number of hydrogen-bond donors (Lipinski definition) is 1. The summed E-state index contributed by atoms with van der Waals surface area (Å²) < 4.78 is 0. The molecule has 1 aromatic heterocycles. The summed E-state index contributed by atoms with van der Waals surface area (Å²) in [5.41, 5.74) is 1.36. The molecule has 2 rings (SSSR count). The molecule has 0 unspecified atom stereocenters. The highest BCUT2D eigenvalue weighted by Crippen LogP contribution is 2.13. The lowest BCUT2D eigenvalue weighted by molar-refractivity contribution is -0.119. The van der Waals surface area contributed by atoms with E-state index in [1.54, 1.807) is 18.3 Å². The van der Waals surface area contributed by atoms with Crippen molar-refractivity contribution in [2.24, 2.45) is 0 Å². The molecule has 1 N–H and O–H groups in total. The second kappa shape index (κ2) is 7.03. The monoisotopic (exact) mass is 275 g/mol. The van der Waals surface area contributed by atoms with Gasteiger partial charge in [0.05, 0.1) is 12.2 Å². The van der Waals surface area contributed by atoms with Gasteiger partial charge in [-0.15, -0.1) is 0 Å². The number of carbonyl (C=O) groups excluding carboxylic acids is 2. The Morgan fingerprint density at radius 3 is 2.60 bits per heavy atom. The number of nitrogens with one attached hydrogen (secondary N) is 1. The topological polar surface area (TPSA) is 62.3 Å². The predicted molar refractivity (Wildman–Crippen MR) is 76.1 cm³/mol. The molecule has 108 valence electrons. The van der Waals surface area contributed by atoms with Crippen molar-refractivity contribution >= 4 is 11.8 Å². The Bertz CT molecular complexity index is 480.